The lowest BCUT2D eigenvalue weighted by atomic mass is 10.0. The van der Waals surface area contributed by atoms with E-state index in [1.54, 1.807) is 27.8 Å². The van der Waals surface area contributed by atoms with Crippen molar-refractivity contribution in [3.8, 4) is 28.5 Å². The van der Waals surface area contributed by atoms with Crippen LogP contribution < -0.4 is 4.90 Å². The van der Waals surface area contributed by atoms with E-state index >= 15 is 0 Å². The summed E-state index contributed by atoms with van der Waals surface area (Å²) in [5.41, 5.74) is 4.14. The molecule has 2 atom stereocenters. The molecule has 2 aliphatic heterocycles. The molecule has 2 aliphatic rings. The van der Waals surface area contributed by atoms with Gasteiger partial charge in [0.25, 0.3) is 0 Å². The Balaban J connectivity index is 1.13. The zero-order valence-corrected chi connectivity index (χ0v) is 23.8. The van der Waals surface area contributed by atoms with Crippen molar-refractivity contribution in [2.24, 2.45) is 18.9 Å². The quantitative estimate of drug-likeness (QED) is 0.298. The van der Waals surface area contributed by atoms with Crippen molar-refractivity contribution in [3.05, 3.63) is 77.8 Å². The van der Waals surface area contributed by atoms with Crippen LogP contribution in [0.2, 0.25) is 5.02 Å². The van der Waals surface area contributed by atoms with Crippen molar-refractivity contribution in [2.75, 3.05) is 31.1 Å². The van der Waals surface area contributed by atoms with E-state index in [0.717, 1.165) is 22.8 Å². The molecule has 0 unspecified atom stereocenters. The summed E-state index contributed by atoms with van der Waals surface area (Å²) in [5, 5.41) is 18.2. The molecule has 7 rings (SSSR count). The van der Waals surface area contributed by atoms with E-state index in [1.165, 1.54) is 22.6 Å². The Bertz CT molecular complexity index is 1970. The van der Waals surface area contributed by atoms with E-state index in [0.29, 0.717) is 35.7 Å². The van der Waals surface area contributed by atoms with E-state index < -0.39 is 20.7 Å². The summed E-state index contributed by atoms with van der Waals surface area (Å²) >= 11 is 6.06. The van der Waals surface area contributed by atoms with Crippen molar-refractivity contribution < 1.29 is 12.8 Å². The first-order chi connectivity index (χ1) is 20.2. The average Bonchev–Trinajstić information content (AvgIpc) is 3.75. The molecule has 2 fully saturated rings. The monoisotopic (exact) mass is 603 g/mol. The molecular weight excluding hydrogens is 581 g/mol. The summed E-state index contributed by atoms with van der Waals surface area (Å²) in [5.74, 6) is -0.0501. The molecule has 0 N–H and O–H groups in total. The highest BCUT2D eigenvalue weighted by Crippen LogP contribution is 2.38. The van der Waals surface area contributed by atoms with Crippen molar-refractivity contribution in [3.63, 3.8) is 0 Å². The molecule has 0 saturated carbocycles. The van der Waals surface area contributed by atoms with Crippen LogP contribution in [0.5, 0.6) is 0 Å². The minimum atomic E-state index is -4.06. The number of hydrogen-bond donors (Lipinski definition) is 0. The lowest BCUT2D eigenvalue weighted by Gasteiger charge is -2.22. The van der Waals surface area contributed by atoms with E-state index in [1.807, 2.05) is 25.5 Å². The van der Waals surface area contributed by atoms with Gasteiger partial charge in [0.1, 0.15) is 22.6 Å². The number of rotatable bonds is 5. The largest absolute Gasteiger partial charge is 0.355 e. The molecule has 5 aromatic rings. The van der Waals surface area contributed by atoms with Gasteiger partial charge in [-0.1, -0.05) is 17.7 Å². The van der Waals surface area contributed by atoms with E-state index in [2.05, 4.69) is 21.2 Å². The van der Waals surface area contributed by atoms with Gasteiger partial charge >= 0.3 is 0 Å². The number of nitrogens with zero attached hydrogens (tertiary/aromatic N) is 9. The lowest BCUT2D eigenvalue weighted by Crippen LogP contribution is -2.34. The topological polar surface area (TPSA) is 125 Å². The number of anilines is 1. The highest BCUT2D eigenvalue weighted by molar-refractivity contribution is 7.89. The van der Waals surface area contributed by atoms with Gasteiger partial charge in [-0.05, 0) is 30.0 Å². The molecule has 0 bridgehead atoms. The molecule has 0 amide bonds. The first-order valence-electron chi connectivity index (χ1n) is 13.1. The smallest absolute Gasteiger partial charge is 0.247 e. The van der Waals surface area contributed by atoms with Gasteiger partial charge in [-0.3, -0.25) is 9.67 Å². The van der Waals surface area contributed by atoms with E-state index in [-0.39, 0.29) is 29.9 Å². The predicted octanol–water partition coefficient (Wildman–Crippen LogP) is 3.61. The second-order valence-electron chi connectivity index (χ2n) is 10.6. The van der Waals surface area contributed by atoms with Crippen LogP contribution in [-0.4, -0.2) is 68.3 Å². The Morgan fingerprint density at radius 3 is 2.43 bits per heavy atom. The molecule has 6 heterocycles. The maximum atomic E-state index is 14.4. The number of nitriles is 1. The van der Waals surface area contributed by atoms with Gasteiger partial charge in [-0.25, -0.2) is 22.3 Å². The van der Waals surface area contributed by atoms with Gasteiger partial charge < -0.3 is 4.90 Å². The fourth-order valence-electron chi connectivity index (χ4n) is 5.94. The van der Waals surface area contributed by atoms with Gasteiger partial charge in [0.15, 0.2) is 0 Å². The highest BCUT2D eigenvalue weighted by atomic mass is 35.5. The number of hydrogen-bond acceptors (Lipinski definition) is 8. The number of fused-ring (bicyclic) bond motifs is 2. The number of sulfonamides is 1. The second kappa shape index (κ2) is 9.87. The highest BCUT2D eigenvalue weighted by Gasteiger charge is 2.45. The molecule has 42 heavy (non-hydrogen) atoms. The van der Waals surface area contributed by atoms with Crippen LogP contribution in [0.3, 0.4) is 0 Å². The molecule has 1 aromatic carbocycles. The standard InChI is InChI=1S/C28H23ClFN9O2S/c1-36-11-19(8-34-36)17-5-22(27-18(6-31)7-35-39(27)16-17)25-9-33-26(10-32-25)37-12-20-14-38(15-21(20)13-37)42(40,41)28-23(29)3-2-4-24(28)30/h2-5,7-11,16,20-21H,12-15H2,1H3/t20-,21+. The molecule has 14 heteroatoms. The van der Waals surface area contributed by atoms with Crippen molar-refractivity contribution in [1.29, 1.82) is 5.26 Å². The van der Waals surface area contributed by atoms with Crippen LogP contribution in [0.15, 0.2) is 66.3 Å². The third-order valence-electron chi connectivity index (χ3n) is 7.98. The maximum absolute atomic E-state index is 14.4. The fourth-order valence-corrected chi connectivity index (χ4v) is 8.06. The Hall–Kier alpha value is -4.38. The molecule has 4 aromatic heterocycles. The zero-order valence-electron chi connectivity index (χ0n) is 22.3. The van der Waals surface area contributed by atoms with Gasteiger partial charge in [-0.15, -0.1) is 0 Å². The molecular formula is C28H23ClFN9O2S. The molecule has 0 radical (unpaired) electrons. The third-order valence-corrected chi connectivity index (χ3v) is 10.3. The minimum Gasteiger partial charge on any atom is -0.355 e. The van der Waals surface area contributed by atoms with Crippen LogP contribution >= 0.6 is 11.6 Å². The molecule has 11 nitrogen and oxygen atoms in total. The predicted molar refractivity (Wildman–Crippen MR) is 152 cm³/mol. The van der Waals surface area contributed by atoms with E-state index in [9.17, 15) is 18.1 Å². The average molecular weight is 604 g/mol. The summed E-state index contributed by atoms with van der Waals surface area (Å²) in [6.45, 7) is 1.74. The van der Waals surface area contributed by atoms with Gasteiger partial charge in [0.2, 0.25) is 10.0 Å². The van der Waals surface area contributed by atoms with Crippen molar-refractivity contribution in [2.45, 2.75) is 4.90 Å². The zero-order chi connectivity index (χ0) is 29.2. The normalized spacial score (nSPS) is 19.0. The van der Waals surface area contributed by atoms with Crippen LogP contribution in [0.25, 0.3) is 27.9 Å². The SMILES string of the molecule is Cn1cc(-c2cc(-c3cnc(N4C[C@@H]5CN(S(=O)(=O)c6c(F)cccc6Cl)C[C@@H]5C4)cn3)c3c(C#N)cnn3c2)cn1. The van der Waals surface area contributed by atoms with Gasteiger partial charge in [0.05, 0.1) is 46.6 Å². The molecule has 2 saturated heterocycles. The number of aryl methyl sites for hydroxylation is 1. The van der Waals surface area contributed by atoms with Crippen LogP contribution in [0.4, 0.5) is 10.2 Å². The number of halogens is 2. The Morgan fingerprint density at radius 1 is 1.00 bits per heavy atom. The lowest BCUT2D eigenvalue weighted by molar-refractivity contribution is 0.447. The maximum Gasteiger partial charge on any atom is 0.247 e. The summed E-state index contributed by atoms with van der Waals surface area (Å²) in [4.78, 5) is 11.0. The molecule has 0 aliphatic carbocycles. The third kappa shape index (κ3) is 4.30. The summed E-state index contributed by atoms with van der Waals surface area (Å²) in [6.07, 6.45) is 10.4. The Morgan fingerprint density at radius 2 is 1.79 bits per heavy atom. The van der Waals surface area contributed by atoms with Gasteiger partial charge in [-0.2, -0.15) is 19.8 Å². The number of pyridine rings is 1. The number of aromatic nitrogens is 6. The van der Waals surface area contributed by atoms with Crippen LogP contribution in [0.1, 0.15) is 5.56 Å². The van der Waals surface area contributed by atoms with Gasteiger partial charge in [0, 0.05) is 62.3 Å². The van der Waals surface area contributed by atoms with Crippen molar-refractivity contribution >= 4 is 33.0 Å². The van der Waals surface area contributed by atoms with E-state index in [4.69, 9.17) is 21.6 Å². The Kier molecular flexibility index (Phi) is 6.23. The molecule has 212 valence electrons. The molecule has 0 spiro atoms. The summed E-state index contributed by atoms with van der Waals surface area (Å²) in [7, 11) is -2.21. The fraction of sp³-hybridized carbons (Fsp3) is 0.250. The van der Waals surface area contributed by atoms with Crippen LogP contribution in [-0.2, 0) is 17.1 Å². The Labute approximate surface area is 245 Å². The first kappa shape index (κ1) is 26.5. The van der Waals surface area contributed by atoms with Crippen molar-refractivity contribution in [1.82, 2.24) is 33.7 Å². The summed E-state index contributed by atoms with van der Waals surface area (Å²) in [6, 6.07) is 8.03. The number of benzene rings is 1. The summed E-state index contributed by atoms with van der Waals surface area (Å²) < 4.78 is 45.5. The first-order valence-corrected chi connectivity index (χ1v) is 15.0. The van der Waals surface area contributed by atoms with Crippen LogP contribution in [0, 0.1) is 29.0 Å². The minimum absolute atomic E-state index is 0.0626. The second-order valence-corrected chi connectivity index (χ2v) is 12.8.